The van der Waals surface area contributed by atoms with E-state index in [0.29, 0.717) is 19.6 Å². The molecule has 0 saturated heterocycles. The third-order valence-corrected chi connectivity index (χ3v) is 4.06. The second-order valence-corrected chi connectivity index (χ2v) is 6.16. The van der Waals surface area contributed by atoms with Gasteiger partial charge >= 0.3 is 0 Å². The number of hydrogen-bond acceptors (Lipinski definition) is 1. The molecule has 0 N–H and O–H groups in total. The Kier molecular flexibility index (Phi) is 4.94. The van der Waals surface area contributed by atoms with E-state index >= 15 is 0 Å². The summed E-state index contributed by atoms with van der Waals surface area (Å²) in [6.07, 6.45) is 7.01. The molecule has 1 aliphatic rings. The van der Waals surface area contributed by atoms with Crippen LogP contribution in [-0.2, 0) is 0 Å². The van der Waals surface area contributed by atoms with E-state index in [1.165, 1.54) is 24.0 Å². The summed E-state index contributed by atoms with van der Waals surface area (Å²) in [6.45, 7) is 15.6. The summed E-state index contributed by atoms with van der Waals surface area (Å²) >= 11 is 0. The summed E-state index contributed by atoms with van der Waals surface area (Å²) in [7, 11) is 0. The van der Waals surface area contributed by atoms with Gasteiger partial charge in [-0.3, -0.25) is 0 Å². The highest BCUT2D eigenvalue weighted by Gasteiger charge is 2.32. The maximum Gasteiger partial charge on any atom is 0.101 e. The predicted octanol–water partition coefficient (Wildman–Crippen LogP) is 4.20. The molecule has 0 saturated carbocycles. The van der Waals surface area contributed by atoms with Gasteiger partial charge in [-0.05, 0) is 49.3 Å². The van der Waals surface area contributed by atoms with E-state index in [0.717, 1.165) is 6.42 Å². The van der Waals surface area contributed by atoms with E-state index in [2.05, 4.69) is 33.9 Å². The topological polar surface area (TPSA) is 23.1 Å². The average molecular weight is 249 g/mol. The van der Waals surface area contributed by atoms with E-state index in [-0.39, 0.29) is 10.1 Å². The first-order valence-corrected chi connectivity index (χ1v) is 6.82. The van der Waals surface area contributed by atoms with Gasteiger partial charge in [-0.2, -0.15) is 0 Å². The Morgan fingerprint density at radius 1 is 1.28 bits per heavy atom. The number of quaternary nitrogens is 1. The van der Waals surface area contributed by atoms with Crippen molar-refractivity contribution in [3.05, 3.63) is 41.7 Å². The standard InChI is InChI=1S/C16H27NO/c1-6-11-17(18,12-7-2)13-15-14(3)9-8-10-16(15,4)5/h6-7H,1-2,8-13H2,3-5H3. The van der Waals surface area contributed by atoms with E-state index in [9.17, 15) is 5.21 Å². The maximum atomic E-state index is 12.8. The largest absolute Gasteiger partial charge is 0.632 e. The SMILES string of the molecule is C=CC[N+]([O-])(CC=C)CC1=C(C)CCCC1(C)C. The molecule has 0 aromatic heterocycles. The third kappa shape index (κ3) is 3.56. The van der Waals surface area contributed by atoms with Crippen molar-refractivity contribution in [2.45, 2.75) is 40.0 Å². The van der Waals surface area contributed by atoms with Crippen molar-refractivity contribution >= 4 is 0 Å². The van der Waals surface area contributed by atoms with Gasteiger partial charge in [0.2, 0.25) is 0 Å². The molecule has 102 valence electrons. The van der Waals surface area contributed by atoms with Gasteiger partial charge in [-0.15, -0.1) is 0 Å². The zero-order valence-electron chi connectivity index (χ0n) is 12.2. The molecule has 0 amide bonds. The van der Waals surface area contributed by atoms with Crippen molar-refractivity contribution in [3.8, 4) is 0 Å². The molecule has 0 spiro atoms. The van der Waals surface area contributed by atoms with Crippen molar-refractivity contribution in [1.82, 2.24) is 0 Å². The Bertz CT molecular complexity index is 342. The molecule has 0 aromatic rings. The van der Waals surface area contributed by atoms with Crippen molar-refractivity contribution in [1.29, 1.82) is 0 Å². The van der Waals surface area contributed by atoms with Gasteiger partial charge in [0.15, 0.2) is 0 Å². The van der Waals surface area contributed by atoms with E-state index in [1.807, 2.05) is 0 Å². The second kappa shape index (κ2) is 5.85. The minimum absolute atomic E-state index is 0.165. The Morgan fingerprint density at radius 3 is 2.28 bits per heavy atom. The Balaban J connectivity index is 2.97. The van der Waals surface area contributed by atoms with Crippen molar-refractivity contribution < 1.29 is 4.65 Å². The van der Waals surface area contributed by atoms with Crippen LogP contribution in [0.15, 0.2) is 36.5 Å². The number of nitrogens with zero attached hydrogens (tertiary/aromatic N) is 1. The fourth-order valence-electron chi connectivity index (χ4n) is 2.99. The minimum Gasteiger partial charge on any atom is -0.632 e. The van der Waals surface area contributed by atoms with Gasteiger partial charge in [0.05, 0.1) is 13.1 Å². The molecule has 2 heteroatoms. The molecule has 0 atom stereocenters. The predicted molar refractivity (Wildman–Crippen MR) is 79.0 cm³/mol. The molecule has 1 aliphatic carbocycles. The summed E-state index contributed by atoms with van der Waals surface area (Å²) in [6, 6.07) is 0. The maximum absolute atomic E-state index is 12.8. The second-order valence-electron chi connectivity index (χ2n) is 6.16. The molecular weight excluding hydrogens is 222 g/mol. The molecule has 0 heterocycles. The summed E-state index contributed by atoms with van der Waals surface area (Å²) < 4.78 is -0.247. The van der Waals surface area contributed by atoms with Crippen LogP contribution in [0, 0.1) is 10.6 Å². The van der Waals surface area contributed by atoms with Gasteiger partial charge in [0.1, 0.15) is 6.54 Å². The van der Waals surface area contributed by atoms with Crippen LogP contribution in [0.2, 0.25) is 0 Å². The zero-order valence-corrected chi connectivity index (χ0v) is 12.2. The van der Waals surface area contributed by atoms with Crippen LogP contribution in [0.1, 0.15) is 40.0 Å². The van der Waals surface area contributed by atoms with Gasteiger partial charge in [0.25, 0.3) is 0 Å². The first-order chi connectivity index (χ1) is 8.34. The Morgan fingerprint density at radius 2 is 1.83 bits per heavy atom. The van der Waals surface area contributed by atoms with Crippen LogP contribution < -0.4 is 0 Å². The molecule has 0 bridgehead atoms. The first-order valence-electron chi connectivity index (χ1n) is 6.82. The van der Waals surface area contributed by atoms with Crippen molar-refractivity contribution in [2.24, 2.45) is 5.41 Å². The fourth-order valence-corrected chi connectivity index (χ4v) is 2.99. The van der Waals surface area contributed by atoms with Crippen molar-refractivity contribution in [3.63, 3.8) is 0 Å². The summed E-state index contributed by atoms with van der Waals surface area (Å²) in [4.78, 5) is 0. The third-order valence-electron chi connectivity index (χ3n) is 4.06. The Labute approximate surface area is 112 Å². The smallest absolute Gasteiger partial charge is 0.101 e. The first kappa shape index (κ1) is 15.2. The van der Waals surface area contributed by atoms with Gasteiger partial charge in [0, 0.05) is 0 Å². The summed E-state index contributed by atoms with van der Waals surface area (Å²) in [5, 5.41) is 12.8. The molecule has 0 fully saturated rings. The number of hydrogen-bond donors (Lipinski definition) is 0. The Hall–Kier alpha value is -0.860. The number of rotatable bonds is 6. The minimum atomic E-state index is -0.247. The highest BCUT2D eigenvalue weighted by molar-refractivity contribution is 5.23. The van der Waals surface area contributed by atoms with Crippen molar-refractivity contribution in [2.75, 3.05) is 19.6 Å². The molecule has 18 heavy (non-hydrogen) atoms. The lowest BCUT2D eigenvalue weighted by Gasteiger charge is -2.46. The van der Waals surface area contributed by atoms with E-state index in [1.54, 1.807) is 12.2 Å². The van der Waals surface area contributed by atoms with Crippen LogP contribution in [0.3, 0.4) is 0 Å². The lowest BCUT2D eigenvalue weighted by Crippen LogP contribution is -2.46. The van der Waals surface area contributed by atoms with Crippen LogP contribution >= 0.6 is 0 Å². The highest BCUT2D eigenvalue weighted by Crippen LogP contribution is 2.41. The molecule has 0 radical (unpaired) electrons. The number of hydroxylamine groups is 3. The molecule has 1 rings (SSSR count). The van der Waals surface area contributed by atoms with Crippen LogP contribution in [0.5, 0.6) is 0 Å². The molecule has 0 aliphatic heterocycles. The normalized spacial score (nSPS) is 19.8. The number of allylic oxidation sites excluding steroid dienone is 1. The van der Waals surface area contributed by atoms with Gasteiger partial charge < -0.3 is 9.85 Å². The fraction of sp³-hybridized carbons (Fsp3) is 0.625. The zero-order chi connectivity index (χ0) is 13.8. The lowest BCUT2D eigenvalue weighted by atomic mass is 9.72. The monoisotopic (exact) mass is 249 g/mol. The van der Waals surface area contributed by atoms with E-state index < -0.39 is 0 Å². The van der Waals surface area contributed by atoms with Gasteiger partial charge in [-0.25, -0.2) is 0 Å². The van der Waals surface area contributed by atoms with Crippen LogP contribution in [0.4, 0.5) is 0 Å². The highest BCUT2D eigenvalue weighted by atomic mass is 16.5. The van der Waals surface area contributed by atoms with Gasteiger partial charge in [-0.1, -0.05) is 32.6 Å². The summed E-state index contributed by atoms with van der Waals surface area (Å²) in [5.41, 5.74) is 2.93. The molecule has 2 nitrogen and oxygen atoms in total. The summed E-state index contributed by atoms with van der Waals surface area (Å²) in [5.74, 6) is 0. The lowest BCUT2D eigenvalue weighted by molar-refractivity contribution is -0.864. The molecule has 0 aromatic carbocycles. The quantitative estimate of drug-likeness (QED) is 0.393. The van der Waals surface area contributed by atoms with Crippen LogP contribution in [0.25, 0.3) is 0 Å². The average Bonchev–Trinajstić information content (AvgIpc) is 2.24. The molecule has 0 unspecified atom stereocenters. The molecular formula is C16H27NO. The van der Waals surface area contributed by atoms with Crippen LogP contribution in [-0.4, -0.2) is 24.3 Å². The van der Waals surface area contributed by atoms with E-state index in [4.69, 9.17) is 0 Å².